The second-order valence-corrected chi connectivity index (χ2v) is 5.45. The molecule has 0 aromatic carbocycles. The first-order valence-electron chi connectivity index (χ1n) is 7.29. The Bertz CT molecular complexity index is 392. The van der Waals surface area contributed by atoms with Crippen LogP contribution in [0.1, 0.15) is 43.4 Å². The first-order chi connectivity index (χ1) is 9.71. The number of nitrogens with one attached hydrogen (secondary N) is 2. The van der Waals surface area contributed by atoms with Crippen LogP contribution in [-0.2, 0) is 0 Å². The zero-order valence-corrected chi connectivity index (χ0v) is 13.4. The molecule has 0 aliphatic carbocycles. The lowest BCUT2D eigenvalue weighted by atomic mass is 10.3. The van der Waals surface area contributed by atoms with E-state index in [-0.39, 0.29) is 5.91 Å². The highest BCUT2D eigenvalue weighted by atomic mass is 32.1. The normalized spacial score (nSPS) is 10.8. The van der Waals surface area contributed by atoms with Gasteiger partial charge in [-0.2, -0.15) is 0 Å². The van der Waals surface area contributed by atoms with Crippen molar-refractivity contribution < 1.29 is 4.79 Å². The van der Waals surface area contributed by atoms with Gasteiger partial charge in [0.25, 0.3) is 5.91 Å². The SMILES string of the molecule is CCCNc1nnc(C(=O)NCCCN(CC)CC)s1. The molecular weight excluding hydrogens is 274 g/mol. The Morgan fingerprint density at radius 3 is 2.60 bits per heavy atom. The second-order valence-electron chi connectivity index (χ2n) is 4.48. The van der Waals surface area contributed by atoms with Crippen LogP contribution in [0.4, 0.5) is 5.13 Å². The summed E-state index contributed by atoms with van der Waals surface area (Å²) in [6.45, 7) is 11.0. The van der Waals surface area contributed by atoms with Gasteiger partial charge in [-0.15, -0.1) is 10.2 Å². The Hall–Kier alpha value is -1.21. The fraction of sp³-hybridized carbons (Fsp3) is 0.769. The topological polar surface area (TPSA) is 70.1 Å². The molecule has 0 saturated heterocycles. The average Bonchev–Trinajstić information content (AvgIpc) is 2.94. The molecule has 0 radical (unpaired) electrons. The minimum absolute atomic E-state index is 0.133. The molecule has 2 N–H and O–H groups in total. The highest BCUT2D eigenvalue weighted by molar-refractivity contribution is 7.17. The summed E-state index contributed by atoms with van der Waals surface area (Å²) < 4.78 is 0. The van der Waals surface area contributed by atoms with Gasteiger partial charge in [0.15, 0.2) is 0 Å². The standard InChI is InChI=1S/C13H25N5OS/c1-4-8-15-13-17-16-12(20-13)11(19)14-9-7-10-18(5-2)6-3/h4-10H2,1-3H3,(H,14,19)(H,15,17). The van der Waals surface area contributed by atoms with E-state index in [9.17, 15) is 4.79 Å². The van der Waals surface area contributed by atoms with E-state index in [1.54, 1.807) is 0 Å². The summed E-state index contributed by atoms with van der Waals surface area (Å²) in [6.07, 6.45) is 1.97. The lowest BCUT2D eigenvalue weighted by Crippen LogP contribution is -2.29. The first kappa shape index (κ1) is 16.8. The number of carbonyl (C=O) groups is 1. The van der Waals surface area contributed by atoms with Crippen molar-refractivity contribution >= 4 is 22.4 Å². The van der Waals surface area contributed by atoms with Gasteiger partial charge in [-0.05, 0) is 32.5 Å². The van der Waals surface area contributed by atoms with Crippen LogP contribution in [-0.4, -0.2) is 53.7 Å². The smallest absolute Gasteiger partial charge is 0.282 e. The van der Waals surface area contributed by atoms with Gasteiger partial charge in [0.2, 0.25) is 10.1 Å². The van der Waals surface area contributed by atoms with Crippen molar-refractivity contribution in [3.63, 3.8) is 0 Å². The van der Waals surface area contributed by atoms with Crippen LogP contribution in [0.5, 0.6) is 0 Å². The lowest BCUT2D eigenvalue weighted by Gasteiger charge is -2.17. The van der Waals surface area contributed by atoms with E-state index in [1.807, 2.05) is 0 Å². The Morgan fingerprint density at radius 1 is 1.20 bits per heavy atom. The molecule has 20 heavy (non-hydrogen) atoms. The summed E-state index contributed by atoms with van der Waals surface area (Å²) >= 11 is 1.30. The van der Waals surface area contributed by atoms with E-state index in [1.165, 1.54) is 11.3 Å². The average molecular weight is 299 g/mol. The van der Waals surface area contributed by atoms with Gasteiger partial charge >= 0.3 is 0 Å². The summed E-state index contributed by atoms with van der Waals surface area (Å²) in [6, 6.07) is 0. The van der Waals surface area contributed by atoms with Crippen LogP contribution < -0.4 is 10.6 Å². The fourth-order valence-electron chi connectivity index (χ4n) is 1.74. The minimum atomic E-state index is -0.133. The number of nitrogens with zero attached hydrogens (tertiary/aromatic N) is 3. The molecule has 1 heterocycles. The molecule has 0 aliphatic heterocycles. The number of hydrogen-bond donors (Lipinski definition) is 2. The molecule has 1 amide bonds. The molecule has 6 nitrogen and oxygen atoms in total. The summed E-state index contributed by atoms with van der Waals surface area (Å²) in [5.74, 6) is -0.133. The summed E-state index contributed by atoms with van der Waals surface area (Å²) in [4.78, 5) is 14.2. The Balaban J connectivity index is 2.26. The van der Waals surface area contributed by atoms with E-state index in [0.717, 1.165) is 39.0 Å². The molecule has 1 rings (SSSR count). The maximum atomic E-state index is 11.9. The molecule has 0 atom stereocenters. The summed E-state index contributed by atoms with van der Waals surface area (Å²) in [7, 11) is 0. The first-order valence-corrected chi connectivity index (χ1v) is 8.10. The number of carbonyl (C=O) groups excluding carboxylic acids is 1. The van der Waals surface area contributed by atoms with Gasteiger partial charge in [-0.1, -0.05) is 32.1 Å². The maximum absolute atomic E-state index is 11.9. The summed E-state index contributed by atoms with van der Waals surface area (Å²) in [5, 5.41) is 15.0. The fourth-order valence-corrected chi connectivity index (χ4v) is 2.42. The highest BCUT2D eigenvalue weighted by Gasteiger charge is 2.11. The molecule has 0 spiro atoms. The van der Waals surface area contributed by atoms with Crippen molar-refractivity contribution in [3.8, 4) is 0 Å². The predicted molar refractivity (Wildman–Crippen MR) is 83.4 cm³/mol. The zero-order valence-electron chi connectivity index (χ0n) is 12.6. The molecule has 114 valence electrons. The van der Waals surface area contributed by atoms with Crippen molar-refractivity contribution in [3.05, 3.63) is 5.01 Å². The molecule has 0 saturated carbocycles. The quantitative estimate of drug-likeness (QED) is 0.645. The van der Waals surface area contributed by atoms with Gasteiger partial charge < -0.3 is 15.5 Å². The molecule has 1 aromatic rings. The van der Waals surface area contributed by atoms with Crippen molar-refractivity contribution in [2.45, 2.75) is 33.6 Å². The third-order valence-corrected chi connectivity index (χ3v) is 3.86. The van der Waals surface area contributed by atoms with Gasteiger partial charge in [0.05, 0.1) is 0 Å². The Labute approximate surface area is 125 Å². The van der Waals surface area contributed by atoms with Crippen molar-refractivity contribution in [1.29, 1.82) is 0 Å². The van der Waals surface area contributed by atoms with Crippen LogP contribution >= 0.6 is 11.3 Å². The lowest BCUT2D eigenvalue weighted by molar-refractivity contribution is 0.0950. The van der Waals surface area contributed by atoms with Crippen molar-refractivity contribution in [2.75, 3.05) is 38.0 Å². The molecule has 0 bridgehead atoms. The molecule has 7 heteroatoms. The van der Waals surface area contributed by atoms with Crippen LogP contribution in [0, 0.1) is 0 Å². The summed E-state index contributed by atoms with van der Waals surface area (Å²) in [5.41, 5.74) is 0. The number of hydrogen-bond acceptors (Lipinski definition) is 6. The van der Waals surface area contributed by atoms with E-state index >= 15 is 0 Å². The molecule has 0 fully saturated rings. The molecule has 1 aromatic heterocycles. The number of amides is 1. The predicted octanol–water partition coefficient (Wildman–Crippen LogP) is 1.82. The molecule has 0 aliphatic rings. The van der Waals surface area contributed by atoms with Crippen LogP contribution in [0.3, 0.4) is 0 Å². The van der Waals surface area contributed by atoms with Crippen molar-refractivity contribution in [2.24, 2.45) is 0 Å². The van der Waals surface area contributed by atoms with E-state index in [0.29, 0.717) is 16.7 Å². The third kappa shape index (κ3) is 5.83. The number of aromatic nitrogens is 2. The van der Waals surface area contributed by atoms with Gasteiger partial charge in [-0.3, -0.25) is 4.79 Å². The van der Waals surface area contributed by atoms with Gasteiger partial charge in [-0.25, -0.2) is 0 Å². The molecule has 0 unspecified atom stereocenters. The third-order valence-electron chi connectivity index (χ3n) is 2.98. The Kier molecular flexibility index (Phi) is 8.13. The Morgan fingerprint density at radius 2 is 1.95 bits per heavy atom. The maximum Gasteiger partial charge on any atom is 0.282 e. The van der Waals surface area contributed by atoms with Gasteiger partial charge in [0, 0.05) is 13.1 Å². The minimum Gasteiger partial charge on any atom is -0.360 e. The van der Waals surface area contributed by atoms with Crippen LogP contribution in [0.25, 0.3) is 0 Å². The van der Waals surface area contributed by atoms with Crippen molar-refractivity contribution in [1.82, 2.24) is 20.4 Å². The largest absolute Gasteiger partial charge is 0.360 e. The highest BCUT2D eigenvalue weighted by Crippen LogP contribution is 2.14. The number of anilines is 1. The van der Waals surface area contributed by atoms with Crippen LogP contribution in [0.2, 0.25) is 0 Å². The monoisotopic (exact) mass is 299 g/mol. The van der Waals surface area contributed by atoms with E-state index in [2.05, 4.69) is 46.5 Å². The zero-order chi connectivity index (χ0) is 14.8. The van der Waals surface area contributed by atoms with Crippen LogP contribution in [0.15, 0.2) is 0 Å². The van der Waals surface area contributed by atoms with Gasteiger partial charge in [0.1, 0.15) is 0 Å². The number of rotatable bonds is 10. The molecular formula is C13H25N5OS. The second kappa shape index (κ2) is 9.66. The van der Waals surface area contributed by atoms with E-state index in [4.69, 9.17) is 0 Å². The van der Waals surface area contributed by atoms with E-state index < -0.39 is 0 Å².